The van der Waals surface area contributed by atoms with Gasteiger partial charge in [0.15, 0.2) is 0 Å². The Morgan fingerprint density at radius 1 is 1.14 bits per heavy atom. The van der Waals surface area contributed by atoms with Crippen LogP contribution in [0, 0.1) is 0 Å². The molecule has 2 aromatic rings. The highest BCUT2D eigenvalue weighted by Crippen LogP contribution is 2.32. The molecule has 3 rings (SSSR count). The van der Waals surface area contributed by atoms with Gasteiger partial charge in [-0.2, -0.15) is 0 Å². The van der Waals surface area contributed by atoms with E-state index in [4.69, 9.17) is 4.74 Å². The maximum Gasteiger partial charge on any atom is 0.294 e. The van der Waals surface area contributed by atoms with Crippen LogP contribution in [-0.4, -0.2) is 47.3 Å². The molecule has 0 aliphatic carbocycles. The van der Waals surface area contributed by atoms with E-state index in [0.29, 0.717) is 18.7 Å². The molecule has 8 heteroatoms. The first kappa shape index (κ1) is 20.5. The molecular weight excluding hydrogens is 392 g/mol. The Morgan fingerprint density at radius 3 is 2.48 bits per heavy atom. The summed E-state index contributed by atoms with van der Waals surface area (Å²) in [6.07, 6.45) is 2.19. The van der Waals surface area contributed by atoms with Crippen LogP contribution in [0.2, 0.25) is 0 Å². The van der Waals surface area contributed by atoms with E-state index < -0.39 is 17.1 Å². The summed E-state index contributed by atoms with van der Waals surface area (Å²) in [5.74, 6) is -0.0136. The summed E-state index contributed by atoms with van der Waals surface area (Å²) in [7, 11) is 1.57. The quantitative estimate of drug-likeness (QED) is 0.679. The molecule has 29 heavy (non-hydrogen) atoms. The van der Waals surface area contributed by atoms with E-state index in [1.165, 1.54) is 0 Å². The summed E-state index contributed by atoms with van der Waals surface area (Å²) < 4.78 is 5.09. The maximum absolute atomic E-state index is 12.5. The number of hydrogen-bond donors (Lipinski definition) is 2. The zero-order valence-electron chi connectivity index (χ0n) is 15.8. The van der Waals surface area contributed by atoms with Crippen molar-refractivity contribution in [3.63, 3.8) is 0 Å². The van der Waals surface area contributed by atoms with Gasteiger partial charge in [-0.05, 0) is 59.7 Å². The van der Waals surface area contributed by atoms with Gasteiger partial charge in [-0.15, -0.1) is 0 Å². The summed E-state index contributed by atoms with van der Waals surface area (Å²) in [4.78, 5) is 38.0. The molecule has 150 valence electrons. The molecule has 3 amide bonds. The minimum Gasteiger partial charge on any atom is -0.508 e. The van der Waals surface area contributed by atoms with Crippen LogP contribution in [0.5, 0.6) is 11.5 Å². The molecule has 2 N–H and O–H groups in total. The van der Waals surface area contributed by atoms with Crippen molar-refractivity contribution in [2.24, 2.45) is 0 Å². The Hall–Kier alpha value is -3.26. The van der Waals surface area contributed by atoms with E-state index >= 15 is 0 Å². The Morgan fingerprint density at radius 2 is 1.83 bits per heavy atom. The molecule has 1 aliphatic heterocycles. The summed E-state index contributed by atoms with van der Waals surface area (Å²) in [5.41, 5.74) is 1.71. The first-order chi connectivity index (χ1) is 14.0. The number of methoxy groups -OCH3 is 1. The number of aromatic hydroxyl groups is 1. The zero-order chi connectivity index (χ0) is 20.8. The second-order valence-corrected chi connectivity index (χ2v) is 7.30. The fourth-order valence-electron chi connectivity index (χ4n) is 2.70. The average Bonchev–Trinajstić information content (AvgIpc) is 2.97. The molecular formula is C21H20N2O5S. The number of nitrogens with one attached hydrogen (secondary N) is 1. The van der Waals surface area contributed by atoms with Gasteiger partial charge >= 0.3 is 0 Å². The number of carbonyl (C=O) groups is 3. The molecule has 7 nitrogen and oxygen atoms in total. The highest BCUT2D eigenvalue weighted by Gasteiger charge is 2.36. The van der Waals surface area contributed by atoms with Gasteiger partial charge in [0.05, 0.1) is 12.0 Å². The second-order valence-electron chi connectivity index (χ2n) is 6.31. The van der Waals surface area contributed by atoms with E-state index in [1.807, 2.05) is 0 Å². The van der Waals surface area contributed by atoms with Gasteiger partial charge in [0.25, 0.3) is 11.1 Å². The average molecular weight is 412 g/mol. The number of amides is 3. The standard InChI is InChI=1S/C21H20N2O5S/c1-28-17-8-4-15(5-9-17)12-18-20(26)23(21(27)29-18)13-19(25)22-11-10-14-2-6-16(24)7-3-14/h2-9,12,24H,10-11,13H2,1H3,(H,22,25)/b18-12-. The number of ether oxygens (including phenoxy) is 1. The number of carbonyl (C=O) groups excluding carboxylic acids is 3. The van der Waals surface area contributed by atoms with Crippen LogP contribution in [-0.2, 0) is 16.0 Å². The highest BCUT2D eigenvalue weighted by atomic mass is 32.2. The van der Waals surface area contributed by atoms with Crippen molar-refractivity contribution >= 4 is 34.9 Å². The van der Waals surface area contributed by atoms with Crippen LogP contribution in [0.4, 0.5) is 4.79 Å². The SMILES string of the molecule is COc1ccc(/C=C2\SC(=O)N(CC(=O)NCCc3ccc(O)cc3)C2=O)cc1. The first-order valence-electron chi connectivity index (χ1n) is 8.90. The van der Waals surface area contributed by atoms with Crippen molar-refractivity contribution in [1.82, 2.24) is 10.2 Å². The predicted octanol–water partition coefficient (Wildman–Crippen LogP) is 2.80. The lowest BCUT2D eigenvalue weighted by atomic mass is 10.1. The number of nitrogens with zero attached hydrogens (tertiary/aromatic N) is 1. The van der Waals surface area contributed by atoms with Crippen LogP contribution in [0.1, 0.15) is 11.1 Å². The normalized spacial score (nSPS) is 15.1. The molecule has 1 aliphatic rings. The lowest BCUT2D eigenvalue weighted by Gasteiger charge is -2.12. The number of imide groups is 1. The Balaban J connectivity index is 1.54. The third-order valence-corrected chi connectivity index (χ3v) is 5.17. The van der Waals surface area contributed by atoms with Crippen LogP contribution in [0.3, 0.4) is 0 Å². The van der Waals surface area contributed by atoms with E-state index in [9.17, 15) is 19.5 Å². The summed E-state index contributed by atoms with van der Waals surface area (Å²) in [6, 6.07) is 13.8. The number of rotatable bonds is 7. The molecule has 0 radical (unpaired) electrons. The van der Waals surface area contributed by atoms with E-state index in [1.54, 1.807) is 61.7 Å². The number of thioether (sulfide) groups is 1. The fourth-order valence-corrected chi connectivity index (χ4v) is 3.53. The van der Waals surface area contributed by atoms with Crippen LogP contribution >= 0.6 is 11.8 Å². The molecule has 0 spiro atoms. The maximum atomic E-state index is 12.5. The van der Waals surface area contributed by atoms with Crippen molar-refractivity contribution in [1.29, 1.82) is 0 Å². The third-order valence-electron chi connectivity index (χ3n) is 4.26. The number of benzene rings is 2. The van der Waals surface area contributed by atoms with E-state index in [-0.39, 0.29) is 17.2 Å². The highest BCUT2D eigenvalue weighted by molar-refractivity contribution is 8.18. The first-order valence-corrected chi connectivity index (χ1v) is 9.72. The van der Waals surface area contributed by atoms with Gasteiger partial charge in [-0.1, -0.05) is 24.3 Å². The molecule has 0 aromatic heterocycles. The van der Waals surface area contributed by atoms with Crippen molar-refractivity contribution < 1.29 is 24.2 Å². The Kier molecular flexibility index (Phi) is 6.56. The number of phenols is 1. The third kappa shape index (κ3) is 5.39. The summed E-state index contributed by atoms with van der Waals surface area (Å²) in [5, 5.41) is 11.5. The van der Waals surface area contributed by atoms with Crippen LogP contribution < -0.4 is 10.1 Å². The monoisotopic (exact) mass is 412 g/mol. The lowest BCUT2D eigenvalue weighted by molar-refractivity contribution is -0.129. The van der Waals surface area contributed by atoms with Crippen LogP contribution in [0.15, 0.2) is 53.4 Å². The molecule has 0 saturated carbocycles. The van der Waals surface area contributed by atoms with Crippen LogP contribution in [0.25, 0.3) is 6.08 Å². The molecule has 0 unspecified atom stereocenters. The minimum atomic E-state index is -0.482. The van der Waals surface area contributed by atoms with Crippen molar-refractivity contribution in [2.45, 2.75) is 6.42 Å². The summed E-state index contributed by atoms with van der Waals surface area (Å²) in [6.45, 7) is 0.0434. The van der Waals surface area contributed by atoms with E-state index in [2.05, 4.69) is 5.32 Å². The van der Waals surface area contributed by atoms with Crippen molar-refractivity contribution in [3.05, 3.63) is 64.6 Å². The Bertz CT molecular complexity index is 939. The largest absolute Gasteiger partial charge is 0.508 e. The van der Waals surface area contributed by atoms with Gasteiger partial charge in [0.1, 0.15) is 18.0 Å². The van der Waals surface area contributed by atoms with Crippen molar-refractivity contribution in [2.75, 3.05) is 20.2 Å². The van der Waals surface area contributed by atoms with Gasteiger partial charge in [-0.25, -0.2) is 0 Å². The molecule has 0 bridgehead atoms. The topological polar surface area (TPSA) is 95.9 Å². The van der Waals surface area contributed by atoms with Crippen molar-refractivity contribution in [3.8, 4) is 11.5 Å². The van der Waals surface area contributed by atoms with Gasteiger partial charge in [0.2, 0.25) is 5.91 Å². The van der Waals surface area contributed by atoms with Gasteiger partial charge < -0.3 is 15.2 Å². The predicted molar refractivity (Wildman–Crippen MR) is 110 cm³/mol. The number of hydrogen-bond acceptors (Lipinski definition) is 6. The number of phenolic OH excluding ortho intramolecular Hbond substituents is 1. The van der Waals surface area contributed by atoms with Gasteiger partial charge in [0, 0.05) is 6.54 Å². The molecule has 1 heterocycles. The zero-order valence-corrected chi connectivity index (χ0v) is 16.6. The minimum absolute atomic E-state index is 0.180. The molecule has 2 aromatic carbocycles. The smallest absolute Gasteiger partial charge is 0.294 e. The fraction of sp³-hybridized carbons (Fsp3) is 0.190. The molecule has 1 saturated heterocycles. The second kappa shape index (κ2) is 9.29. The van der Waals surface area contributed by atoms with E-state index in [0.717, 1.165) is 27.8 Å². The Labute approximate surface area is 172 Å². The summed E-state index contributed by atoms with van der Waals surface area (Å²) >= 11 is 0.814. The van der Waals surface area contributed by atoms with Gasteiger partial charge in [-0.3, -0.25) is 19.3 Å². The molecule has 0 atom stereocenters. The lowest BCUT2D eigenvalue weighted by Crippen LogP contribution is -2.40. The molecule has 1 fully saturated rings.